The lowest BCUT2D eigenvalue weighted by Crippen LogP contribution is -2.32. The van der Waals surface area contributed by atoms with E-state index in [0.717, 1.165) is 26.3 Å². The first kappa shape index (κ1) is 11.9. The number of ketones is 1. The monoisotopic (exact) mass is 211 g/mol. The van der Waals surface area contributed by atoms with Gasteiger partial charge in [-0.15, -0.1) is 0 Å². The fraction of sp³-hybridized carbons (Fsp3) is 0.600. The first-order valence-corrected chi connectivity index (χ1v) is 4.96. The SMILES string of the molecule is CC(=O)c1ncc[nH]1.CN1CCOCC1. The van der Waals surface area contributed by atoms with E-state index in [0.29, 0.717) is 5.82 Å². The number of H-pyrrole nitrogens is 1. The van der Waals surface area contributed by atoms with Gasteiger partial charge in [0.2, 0.25) is 0 Å². The molecule has 1 fully saturated rings. The van der Waals surface area contributed by atoms with Crippen molar-refractivity contribution in [3.63, 3.8) is 0 Å². The zero-order chi connectivity index (χ0) is 11.1. The molecule has 0 amide bonds. The Labute approximate surface area is 89.4 Å². The highest BCUT2D eigenvalue weighted by Gasteiger charge is 2.02. The molecule has 2 rings (SSSR count). The van der Waals surface area contributed by atoms with Gasteiger partial charge in [0.1, 0.15) is 0 Å². The van der Waals surface area contributed by atoms with Crippen LogP contribution in [0.5, 0.6) is 0 Å². The molecule has 1 aliphatic rings. The Morgan fingerprint density at radius 3 is 2.47 bits per heavy atom. The molecule has 2 heterocycles. The lowest BCUT2D eigenvalue weighted by molar-refractivity contribution is 0.0503. The van der Waals surface area contributed by atoms with Gasteiger partial charge < -0.3 is 14.6 Å². The van der Waals surface area contributed by atoms with Crippen LogP contribution >= 0.6 is 0 Å². The quantitative estimate of drug-likeness (QED) is 0.690. The number of carbonyl (C=O) groups excluding carboxylic acids is 1. The predicted molar refractivity (Wildman–Crippen MR) is 56.9 cm³/mol. The number of hydrogen-bond acceptors (Lipinski definition) is 4. The molecule has 0 radical (unpaired) electrons. The first-order valence-electron chi connectivity index (χ1n) is 4.96. The molecule has 0 unspecified atom stereocenters. The Kier molecular flexibility index (Phi) is 5.00. The summed E-state index contributed by atoms with van der Waals surface area (Å²) in [6.45, 7) is 5.49. The Hall–Kier alpha value is -1.20. The molecule has 1 aromatic rings. The van der Waals surface area contributed by atoms with E-state index in [-0.39, 0.29) is 5.78 Å². The minimum absolute atomic E-state index is 0.0324. The molecular formula is C10H17N3O2. The van der Waals surface area contributed by atoms with Gasteiger partial charge >= 0.3 is 0 Å². The summed E-state index contributed by atoms with van der Waals surface area (Å²) in [5.74, 6) is 0.389. The second-order valence-corrected chi connectivity index (χ2v) is 3.41. The number of hydrogen-bond donors (Lipinski definition) is 1. The van der Waals surface area contributed by atoms with Crippen LogP contribution < -0.4 is 0 Å². The minimum atomic E-state index is -0.0324. The lowest BCUT2D eigenvalue weighted by Gasteiger charge is -2.21. The fourth-order valence-corrected chi connectivity index (χ4v) is 1.11. The molecule has 0 aromatic carbocycles. The maximum Gasteiger partial charge on any atom is 0.194 e. The Morgan fingerprint density at radius 2 is 2.20 bits per heavy atom. The fourth-order valence-electron chi connectivity index (χ4n) is 1.11. The van der Waals surface area contributed by atoms with Gasteiger partial charge in [0.25, 0.3) is 0 Å². The molecule has 1 aliphatic heterocycles. The van der Waals surface area contributed by atoms with Gasteiger partial charge in [-0.2, -0.15) is 0 Å². The van der Waals surface area contributed by atoms with Crippen molar-refractivity contribution in [3.05, 3.63) is 18.2 Å². The zero-order valence-corrected chi connectivity index (χ0v) is 9.19. The Balaban J connectivity index is 0.000000151. The van der Waals surface area contributed by atoms with Gasteiger partial charge in [-0.25, -0.2) is 4.98 Å². The number of rotatable bonds is 1. The number of nitrogens with one attached hydrogen (secondary N) is 1. The summed E-state index contributed by atoms with van der Waals surface area (Å²) in [7, 11) is 2.11. The van der Waals surface area contributed by atoms with Gasteiger partial charge in [-0.05, 0) is 7.05 Å². The summed E-state index contributed by atoms with van der Waals surface area (Å²) in [6, 6.07) is 0. The summed E-state index contributed by atoms with van der Waals surface area (Å²) in [6.07, 6.45) is 3.17. The number of morpholine rings is 1. The lowest BCUT2D eigenvalue weighted by atomic mass is 10.4. The van der Waals surface area contributed by atoms with Crippen LogP contribution in [0.25, 0.3) is 0 Å². The number of aromatic amines is 1. The highest BCUT2D eigenvalue weighted by atomic mass is 16.5. The topological polar surface area (TPSA) is 58.2 Å². The number of Topliss-reactive ketones (excluding diaryl/α,β-unsaturated/α-hetero) is 1. The van der Waals surface area contributed by atoms with Crippen LogP contribution in [0.2, 0.25) is 0 Å². The summed E-state index contributed by atoms with van der Waals surface area (Å²) in [4.78, 5) is 19.1. The van der Waals surface area contributed by atoms with E-state index in [1.165, 1.54) is 6.92 Å². The van der Waals surface area contributed by atoms with E-state index >= 15 is 0 Å². The maximum absolute atomic E-state index is 10.4. The average molecular weight is 211 g/mol. The van der Waals surface area contributed by atoms with Gasteiger partial charge in [0.05, 0.1) is 13.2 Å². The Bertz CT molecular complexity index is 279. The van der Waals surface area contributed by atoms with Crippen LogP contribution in [0, 0.1) is 0 Å². The number of nitrogens with zero attached hydrogens (tertiary/aromatic N) is 2. The van der Waals surface area contributed by atoms with E-state index in [2.05, 4.69) is 21.9 Å². The molecule has 1 aromatic heterocycles. The summed E-state index contributed by atoms with van der Waals surface area (Å²) in [5, 5.41) is 0. The summed E-state index contributed by atoms with van der Waals surface area (Å²) in [5.41, 5.74) is 0. The summed E-state index contributed by atoms with van der Waals surface area (Å²) >= 11 is 0. The van der Waals surface area contributed by atoms with E-state index in [9.17, 15) is 4.79 Å². The molecule has 0 bridgehead atoms. The second kappa shape index (κ2) is 6.31. The molecule has 0 aliphatic carbocycles. The van der Waals surface area contributed by atoms with E-state index in [4.69, 9.17) is 4.74 Å². The van der Waals surface area contributed by atoms with Crippen molar-refractivity contribution < 1.29 is 9.53 Å². The van der Waals surface area contributed by atoms with Crippen molar-refractivity contribution in [3.8, 4) is 0 Å². The van der Waals surface area contributed by atoms with Crippen molar-refractivity contribution in [1.82, 2.24) is 14.9 Å². The van der Waals surface area contributed by atoms with E-state index in [1.807, 2.05) is 0 Å². The van der Waals surface area contributed by atoms with Crippen molar-refractivity contribution in [2.24, 2.45) is 0 Å². The van der Waals surface area contributed by atoms with Crippen molar-refractivity contribution >= 4 is 5.78 Å². The smallest absolute Gasteiger partial charge is 0.194 e. The van der Waals surface area contributed by atoms with E-state index in [1.54, 1.807) is 12.4 Å². The number of ether oxygens (including phenoxy) is 1. The third-order valence-corrected chi connectivity index (χ3v) is 2.07. The van der Waals surface area contributed by atoms with Gasteiger partial charge in [0, 0.05) is 32.4 Å². The third-order valence-electron chi connectivity index (χ3n) is 2.07. The first-order chi connectivity index (χ1) is 7.20. The van der Waals surface area contributed by atoms with E-state index < -0.39 is 0 Å². The van der Waals surface area contributed by atoms with Crippen molar-refractivity contribution in [2.45, 2.75) is 6.92 Å². The number of aromatic nitrogens is 2. The number of carbonyl (C=O) groups is 1. The predicted octanol–water partition coefficient (Wildman–Crippen LogP) is 0.561. The van der Waals surface area contributed by atoms with Crippen LogP contribution in [0.15, 0.2) is 12.4 Å². The van der Waals surface area contributed by atoms with Crippen molar-refractivity contribution in [2.75, 3.05) is 33.4 Å². The molecule has 1 N–H and O–H groups in total. The van der Waals surface area contributed by atoms with Gasteiger partial charge in [0.15, 0.2) is 11.6 Å². The van der Waals surface area contributed by atoms with Crippen LogP contribution in [0.1, 0.15) is 17.5 Å². The van der Waals surface area contributed by atoms with Crippen molar-refractivity contribution in [1.29, 1.82) is 0 Å². The number of imidazole rings is 1. The molecule has 84 valence electrons. The zero-order valence-electron chi connectivity index (χ0n) is 9.19. The minimum Gasteiger partial charge on any atom is -0.379 e. The molecule has 0 saturated carbocycles. The maximum atomic E-state index is 10.4. The van der Waals surface area contributed by atoms with Gasteiger partial charge in [-0.3, -0.25) is 4.79 Å². The summed E-state index contributed by atoms with van der Waals surface area (Å²) < 4.78 is 5.10. The Morgan fingerprint density at radius 1 is 1.53 bits per heavy atom. The molecule has 0 atom stereocenters. The third kappa shape index (κ3) is 4.71. The highest BCUT2D eigenvalue weighted by Crippen LogP contribution is 1.89. The highest BCUT2D eigenvalue weighted by molar-refractivity contribution is 5.90. The molecule has 5 nitrogen and oxygen atoms in total. The van der Waals surface area contributed by atoms with Crippen LogP contribution in [0.4, 0.5) is 0 Å². The molecular weight excluding hydrogens is 194 g/mol. The molecule has 0 spiro atoms. The molecule has 5 heteroatoms. The van der Waals surface area contributed by atoms with Crippen LogP contribution in [-0.4, -0.2) is 54.0 Å². The molecule has 1 saturated heterocycles. The van der Waals surface area contributed by atoms with Crippen LogP contribution in [0.3, 0.4) is 0 Å². The van der Waals surface area contributed by atoms with Gasteiger partial charge in [-0.1, -0.05) is 0 Å². The van der Waals surface area contributed by atoms with Crippen LogP contribution in [-0.2, 0) is 4.74 Å². The largest absolute Gasteiger partial charge is 0.379 e. The molecule has 15 heavy (non-hydrogen) atoms. The standard InChI is InChI=1S/C5H6N2O.C5H11NO/c1-4(8)5-6-2-3-7-5;1-6-2-4-7-5-3-6/h2-3H,1H3,(H,6,7);2-5H2,1H3. The normalized spacial score (nSPS) is 16.7. The second-order valence-electron chi connectivity index (χ2n) is 3.41. The average Bonchev–Trinajstić information content (AvgIpc) is 2.72. The number of likely N-dealkylation sites (N-methyl/N-ethyl adjacent to an activating group) is 1.